The van der Waals surface area contributed by atoms with Crippen LogP contribution in [0.5, 0.6) is 5.88 Å². The summed E-state index contributed by atoms with van der Waals surface area (Å²) in [5, 5.41) is 1.08. The Morgan fingerprint density at radius 2 is 2.00 bits per heavy atom. The minimum Gasteiger partial charge on any atom is -0.438 e. The van der Waals surface area contributed by atoms with Crippen LogP contribution >= 0.6 is 0 Å². The number of ether oxygens (including phenoxy) is 1. The quantitative estimate of drug-likeness (QED) is 0.741. The van der Waals surface area contributed by atoms with Crippen LogP contribution in [0, 0.1) is 5.41 Å². The van der Waals surface area contributed by atoms with Crippen molar-refractivity contribution >= 4 is 22.8 Å². The lowest BCUT2D eigenvalue weighted by Gasteiger charge is -2.30. The Bertz CT molecular complexity index is 932. The molecule has 0 fully saturated rings. The van der Waals surface area contributed by atoms with E-state index in [1.165, 1.54) is 5.56 Å². The Morgan fingerprint density at radius 3 is 2.75 bits per heavy atom. The average molecular weight is 319 g/mol. The second-order valence-corrected chi connectivity index (χ2v) is 7.75. The summed E-state index contributed by atoms with van der Waals surface area (Å²) >= 11 is 0. The number of nitrogens with zero attached hydrogens (tertiary/aromatic N) is 1. The van der Waals surface area contributed by atoms with Crippen molar-refractivity contribution in [3.63, 3.8) is 0 Å². The topological polar surface area (TPSA) is 39.2 Å². The van der Waals surface area contributed by atoms with Crippen LogP contribution in [-0.2, 0) is 4.79 Å². The highest BCUT2D eigenvalue weighted by molar-refractivity contribution is 6.06. The Kier molecular flexibility index (Phi) is 3.17. The number of ketones is 1. The first-order chi connectivity index (χ1) is 11.3. The zero-order chi connectivity index (χ0) is 17.1. The summed E-state index contributed by atoms with van der Waals surface area (Å²) in [4.78, 5) is 17.1. The summed E-state index contributed by atoms with van der Waals surface area (Å²) in [7, 11) is 0. The molecule has 2 heterocycles. The number of hydrogen-bond donors (Lipinski definition) is 0. The number of rotatable bonds is 1. The predicted octanol–water partition coefficient (Wildman–Crippen LogP) is 5.02. The molecule has 0 saturated heterocycles. The van der Waals surface area contributed by atoms with E-state index in [1.807, 2.05) is 18.2 Å². The highest BCUT2D eigenvalue weighted by atomic mass is 16.5. The van der Waals surface area contributed by atoms with Crippen LogP contribution in [0.3, 0.4) is 0 Å². The zero-order valence-electron chi connectivity index (χ0n) is 14.5. The van der Waals surface area contributed by atoms with Gasteiger partial charge in [-0.3, -0.25) is 4.79 Å². The molecule has 2 aromatic rings. The summed E-state index contributed by atoms with van der Waals surface area (Å²) in [6.45, 7) is 8.46. The number of benzene rings is 1. The van der Waals surface area contributed by atoms with Gasteiger partial charge in [0.15, 0.2) is 5.78 Å². The number of allylic oxidation sites excluding steroid dienone is 2. The molecular weight excluding hydrogens is 298 g/mol. The van der Waals surface area contributed by atoms with Gasteiger partial charge in [-0.25, -0.2) is 4.98 Å². The van der Waals surface area contributed by atoms with Crippen molar-refractivity contribution in [3.8, 4) is 5.88 Å². The Labute approximate surface area is 142 Å². The monoisotopic (exact) mass is 319 g/mol. The molecule has 122 valence electrons. The normalized spacial score (nSPS) is 18.6. The van der Waals surface area contributed by atoms with Gasteiger partial charge in [0, 0.05) is 17.4 Å². The number of aromatic nitrogens is 1. The van der Waals surface area contributed by atoms with E-state index >= 15 is 0 Å². The largest absolute Gasteiger partial charge is 0.438 e. The Morgan fingerprint density at radius 1 is 1.21 bits per heavy atom. The standard InChI is InChI=1S/C21H21NO2/c1-12(2)13-5-6-17-14(7-13)8-15-9-16-18(23)10-21(3,4)11-19(16)24-20(15)22-17/h5-9,11-12H,10H2,1-4H3. The zero-order valence-corrected chi connectivity index (χ0v) is 14.5. The van der Waals surface area contributed by atoms with Gasteiger partial charge in [-0.05, 0) is 47.2 Å². The van der Waals surface area contributed by atoms with Crippen LogP contribution in [0.25, 0.3) is 17.0 Å². The van der Waals surface area contributed by atoms with E-state index in [1.54, 1.807) is 0 Å². The van der Waals surface area contributed by atoms with E-state index in [0.717, 1.165) is 16.5 Å². The minimum atomic E-state index is -0.176. The van der Waals surface area contributed by atoms with Gasteiger partial charge in [-0.15, -0.1) is 0 Å². The molecule has 1 aromatic carbocycles. The van der Waals surface area contributed by atoms with Crippen molar-refractivity contribution in [1.29, 1.82) is 0 Å². The summed E-state index contributed by atoms with van der Waals surface area (Å²) in [5.41, 5.74) is 3.57. The van der Waals surface area contributed by atoms with Crippen molar-refractivity contribution < 1.29 is 9.53 Å². The van der Waals surface area contributed by atoms with Gasteiger partial charge in [0.1, 0.15) is 5.76 Å². The first-order valence-corrected chi connectivity index (χ1v) is 8.43. The van der Waals surface area contributed by atoms with E-state index < -0.39 is 0 Å². The first-order valence-electron chi connectivity index (χ1n) is 8.43. The molecule has 0 N–H and O–H groups in total. The van der Waals surface area contributed by atoms with E-state index in [2.05, 4.69) is 50.9 Å². The molecule has 24 heavy (non-hydrogen) atoms. The van der Waals surface area contributed by atoms with Crippen molar-refractivity contribution in [2.75, 3.05) is 0 Å². The van der Waals surface area contributed by atoms with Gasteiger partial charge in [0.05, 0.1) is 11.1 Å². The molecule has 0 radical (unpaired) electrons. The van der Waals surface area contributed by atoms with Gasteiger partial charge < -0.3 is 4.74 Å². The maximum absolute atomic E-state index is 12.5. The van der Waals surface area contributed by atoms with E-state index in [0.29, 0.717) is 29.6 Å². The number of carbonyl (C=O) groups is 1. The fraction of sp³-hybridized carbons (Fsp3) is 0.333. The molecule has 1 aromatic heterocycles. The first kappa shape index (κ1) is 15.1. The SMILES string of the molecule is CC(C)c1ccc2nc3c(cc2c1)C=C1C(=O)CC(C)(C)C=C1O3. The van der Waals surface area contributed by atoms with Crippen molar-refractivity contribution in [3.05, 3.63) is 52.8 Å². The highest BCUT2D eigenvalue weighted by Gasteiger charge is 2.34. The molecule has 3 nitrogen and oxygen atoms in total. The lowest BCUT2D eigenvalue weighted by molar-refractivity contribution is -0.117. The van der Waals surface area contributed by atoms with Crippen LogP contribution < -0.4 is 4.74 Å². The van der Waals surface area contributed by atoms with Gasteiger partial charge >= 0.3 is 0 Å². The Hall–Kier alpha value is -2.42. The number of Topliss-reactive ketones (excluding diaryl/α,β-unsaturated/α-hetero) is 1. The summed E-state index contributed by atoms with van der Waals surface area (Å²) in [5.74, 6) is 1.84. The summed E-state index contributed by atoms with van der Waals surface area (Å²) < 4.78 is 5.99. The van der Waals surface area contributed by atoms with Crippen LogP contribution in [0.2, 0.25) is 0 Å². The molecule has 0 unspecified atom stereocenters. The van der Waals surface area contributed by atoms with Crippen LogP contribution in [0.15, 0.2) is 41.7 Å². The van der Waals surface area contributed by atoms with Crippen LogP contribution in [0.4, 0.5) is 0 Å². The third-order valence-electron chi connectivity index (χ3n) is 4.71. The van der Waals surface area contributed by atoms with E-state index in [-0.39, 0.29) is 11.2 Å². The molecule has 0 bridgehead atoms. The van der Waals surface area contributed by atoms with Crippen molar-refractivity contribution in [1.82, 2.24) is 4.98 Å². The third kappa shape index (κ3) is 2.44. The molecule has 0 spiro atoms. The summed E-state index contributed by atoms with van der Waals surface area (Å²) in [6.07, 6.45) is 4.48. The van der Waals surface area contributed by atoms with Crippen molar-refractivity contribution in [2.45, 2.75) is 40.0 Å². The Balaban J connectivity index is 1.88. The molecule has 0 amide bonds. The molecule has 4 rings (SSSR count). The second-order valence-electron chi connectivity index (χ2n) is 7.75. The minimum absolute atomic E-state index is 0.138. The second kappa shape index (κ2) is 5.04. The molecule has 0 saturated carbocycles. The molecular formula is C21H21NO2. The molecule has 3 heteroatoms. The smallest absolute Gasteiger partial charge is 0.227 e. The summed E-state index contributed by atoms with van der Waals surface area (Å²) in [6, 6.07) is 8.39. The predicted molar refractivity (Wildman–Crippen MR) is 95.9 cm³/mol. The van der Waals surface area contributed by atoms with Crippen LogP contribution in [0.1, 0.15) is 51.2 Å². The number of fused-ring (bicyclic) bond motifs is 3. The fourth-order valence-electron chi connectivity index (χ4n) is 3.36. The van der Waals surface area contributed by atoms with Gasteiger partial charge in [0.25, 0.3) is 0 Å². The lowest BCUT2D eigenvalue weighted by atomic mass is 9.78. The maximum Gasteiger partial charge on any atom is 0.227 e. The number of pyridine rings is 1. The van der Waals surface area contributed by atoms with Crippen molar-refractivity contribution in [2.24, 2.45) is 5.41 Å². The third-order valence-corrected chi connectivity index (χ3v) is 4.71. The average Bonchev–Trinajstić information content (AvgIpc) is 2.49. The number of hydrogen-bond acceptors (Lipinski definition) is 3. The number of carbonyl (C=O) groups excluding carboxylic acids is 1. The van der Waals surface area contributed by atoms with Gasteiger partial charge in [0.2, 0.25) is 5.88 Å². The van der Waals surface area contributed by atoms with Gasteiger partial charge in [-0.2, -0.15) is 0 Å². The molecule has 0 atom stereocenters. The highest BCUT2D eigenvalue weighted by Crippen LogP contribution is 2.40. The van der Waals surface area contributed by atoms with Crippen LogP contribution in [-0.4, -0.2) is 10.8 Å². The maximum atomic E-state index is 12.5. The molecule has 1 aliphatic carbocycles. The van der Waals surface area contributed by atoms with E-state index in [4.69, 9.17) is 4.74 Å². The molecule has 1 aliphatic heterocycles. The van der Waals surface area contributed by atoms with E-state index in [9.17, 15) is 4.79 Å². The van der Waals surface area contributed by atoms with Gasteiger partial charge in [-0.1, -0.05) is 33.8 Å². The fourth-order valence-corrected chi connectivity index (χ4v) is 3.36. The lowest BCUT2D eigenvalue weighted by Crippen LogP contribution is -2.26. The molecule has 2 aliphatic rings.